The predicted molar refractivity (Wildman–Crippen MR) is 102 cm³/mol. The first kappa shape index (κ1) is 18.6. The largest absolute Gasteiger partial charge is 0.299 e. The Bertz CT molecular complexity index is 1080. The Morgan fingerprint density at radius 2 is 1.89 bits per heavy atom. The number of hydrogen-bond donors (Lipinski definition) is 2. The zero-order valence-electron chi connectivity index (χ0n) is 14.5. The lowest BCUT2D eigenvalue weighted by molar-refractivity contribution is -0.121. The molecule has 2 N–H and O–H groups in total. The molecule has 0 saturated carbocycles. The van der Waals surface area contributed by atoms with Gasteiger partial charge in [-0.15, -0.1) is 0 Å². The second kappa shape index (κ2) is 8.01. The van der Waals surface area contributed by atoms with Crippen LogP contribution in [0.1, 0.15) is 22.6 Å². The molecule has 1 heterocycles. The minimum absolute atomic E-state index is 0.0639. The molecule has 0 aliphatic carbocycles. The van der Waals surface area contributed by atoms with Crippen LogP contribution in [0, 0.1) is 0 Å². The smallest absolute Gasteiger partial charge is 0.269 e. The number of hydrazine groups is 1. The van der Waals surface area contributed by atoms with E-state index in [4.69, 9.17) is 11.6 Å². The van der Waals surface area contributed by atoms with E-state index in [1.54, 1.807) is 49.5 Å². The van der Waals surface area contributed by atoms with Crippen LogP contribution in [0.5, 0.6) is 0 Å². The number of carbonyl (C=O) groups is 2. The third kappa shape index (κ3) is 4.32. The molecule has 2 amide bonds. The molecule has 0 bridgehead atoms. The summed E-state index contributed by atoms with van der Waals surface area (Å²) < 4.78 is 1.43. The molecule has 0 saturated heterocycles. The van der Waals surface area contributed by atoms with E-state index in [2.05, 4.69) is 15.8 Å². The van der Waals surface area contributed by atoms with Gasteiger partial charge >= 0.3 is 0 Å². The first-order valence-corrected chi connectivity index (χ1v) is 8.63. The van der Waals surface area contributed by atoms with Gasteiger partial charge in [-0.1, -0.05) is 29.8 Å². The molecule has 1 aromatic heterocycles. The van der Waals surface area contributed by atoms with Crippen molar-refractivity contribution >= 4 is 34.3 Å². The highest BCUT2D eigenvalue weighted by Crippen LogP contribution is 2.10. The van der Waals surface area contributed by atoms with E-state index >= 15 is 0 Å². The third-order valence-electron chi connectivity index (χ3n) is 4.05. The summed E-state index contributed by atoms with van der Waals surface area (Å²) in [6, 6.07) is 13.4. The standard InChI is InChI=1S/C19H17ClN4O3/c1-24-16(21-15-8-3-2-7-14(15)19(24)27)9-10-17(25)22-23-18(26)12-5-4-6-13(20)11-12/h2-8,11H,9-10H2,1H3,(H,22,25)(H,23,26). The first-order valence-electron chi connectivity index (χ1n) is 8.25. The van der Waals surface area contributed by atoms with Crippen molar-refractivity contribution in [1.29, 1.82) is 0 Å². The van der Waals surface area contributed by atoms with Gasteiger partial charge in [0.05, 0.1) is 10.9 Å². The highest BCUT2D eigenvalue weighted by Gasteiger charge is 2.11. The number of amides is 2. The summed E-state index contributed by atoms with van der Waals surface area (Å²) in [7, 11) is 1.62. The summed E-state index contributed by atoms with van der Waals surface area (Å²) in [6.45, 7) is 0. The van der Waals surface area contributed by atoms with E-state index in [-0.39, 0.29) is 18.4 Å². The van der Waals surface area contributed by atoms with E-state index < -0.39 is 11.8 Å². The minimum Gasteiger partial charge on any atom is -0.299 e. The van der Waals surface area contributed by atoms with Crippen LogP contribution < -0.4 is 16.4 Å². The lowest BCUT2D eigenvalue weighted by Crippen LogP contribution is -2.41. The number of rotatable bonds is 4. The van der Waals surface area contributed by atoms with Crippen LogP contribution in [0.15, 0.2) is 53.3 Å². The van der Waals surface area contributed by atoms with Gasteiger partial charge in [-0.2, -0.15) is 0 Å². The highest BCUT2D eigenvalue weighted by atomic mass is 35.5. The molecule has 0 fully saturated rings. The number of halogens is 1. The van der Waals surface area contributed by atoms with E-state index in [1.165, 1.54) is 10.6 Å². The maximum absolute atomic E-state index is 12.3. The SMILES string of the molecule is Cn1c(CCC(=O)NNC(=O)c2cccc(Cl)c2)nc2ccccc2c1=O. The average Bonchev–Trinajstić information content (AvgIpc) is 2.67. The van der Waals surface area contributed by atoms with Gasteiger partial charge in [0.2, 0.25) is 5.91 Å². The van der Waals surface area contributed by atoms with Crippen LogP contribution in [-0.2, 0) is 18.3 Å². The Hall–Kier alpha value is -3.19. The van der Waals surface area contributed by atoms with E-state index in [0.717, 1.165) is 0 Å². The van der Waals surface area contributed by atoms with Crippen molar-refractivity contribution in [3.8, 4) is 0 Å². The number of benzene rings is 2. The Kier molecular flexibility index (Phi) is 5.52. The normalized spacial score (nSPS) is 10.6. The summed E-state index contributed by atoms with van der Waals surface area (Å²) >= 11 is 5.84. The van der Waals surface area contributed by atoms with Crippen molar-refractivity contribution in [2.45, 2.75) is 12.8 Å². The predicted octanol–water partition coefficient (Wildman–Crippen LogP) is 1.98. The second-order valence-corrected chi connectivity index (χ2v) is 6.36. The van der Waals surface area contributed by atoms with Crippen LogP contribution in [0.4, 0.5) is 0 Å². The zero-order chi connectivity index (χ0) is 19.4. The molecule has 0 unspecified atom stereocenters. The molecule has 0 spiro atoms. The van der Waals surface area contributed by atoms with Crippen LogP contribution in [0.3, 0.4) is 0 Å². The number of carbonyl (C=O) groups excluding carboxylic acids is 2. The molecule has 0 radical (unpaired) electrons. The third-order valence-corrected chi connectivity index (χ3v) is 4.29. The fourth-order valence-corrected chi connectivity index (χ4v) is 2.79. The summed E-state index contributed by atoms with van der Waals surface area (Å²) in [4.78, 5) is 40.8. The molecule has 0 aliphatic rings. The number of aryl methyl sites for hydroxylation is 1. The van der Waals surface area contributed by atoms with Gasteiger partial charge in [0, 0.05) is 30.5 Å². The fraction of sp³-hybridized carbons (Fsp3) is 0.158. The quantitative estimate of drug-likeness (QED) is 0.673. The number of para-hydroxylation sites is 1. The van der Waals surface area contributed by atoms with Crippen LogP contribution >= 0.6 is 11.6 Å². The Morgan fingerprint density at radius 3 is 2.67 bits per heavy atom. The lowest BCUT2D eigenvalue weighted by Gasteiger charge is -2.10. The minimum atomic E-state index is -0.470. The number of nitrogens with zero attached hydrogens (tertiary/aromatic N) is 2. The van der Waals surface area contributed by atoms with Crippen molar-refractivity contribution in [1.82, 2.24) is 20.4 Å². The summed E-state index contributed by atoms with van der Waals surface area (Å²) in [5, 5.41) is 0.958. The topological polar surface area (TPSA) is 93.1 Å². The summed E-state index contributed by atoms with van der Waals surface area (Å²) in [5.74, 6) is -0.370. The van der Waals surface area contributed by atoms with E-state index in [1.807, 2.05) is 0 Å². The van der Waals surface area contributed by atoms with Crippen LogP contribution in [0.2, 0.25) is 5.02 Å². The number of nitrogens with one attached hydrogen (secondary N) is 2. The van der Waals surface area contributed by atoms with Crippen molar-refractivity contribution < 1.29 is 9.59 Å². The Morgan fingerprint density at radius 1 is 1.11 bits per heavy atom. The fourth-order valence-electron chi connectivity index (χ4n) is 2.60. The van der Waals surface area contributed by atoms with Gasteiger partial charge in [0.15, 0.2) is 0 Å². The summed E-state index contributed by atoms with van der Waals surface area (Å²) in [6.07, 6.45) is 0.323. The molecule has 7 nitrogen and oxygen atoms in total. The molecule has 3 rings (SSSR count). The highest BCUT2D eigenvalue weighted by molar-refractivity contribution is 6.30. The monoisotopic (exact) mass is 384 g/mol. The molecule has 3 aromatic rings. The van der Waals surface area contributed by atoms with Gasteiger partial charge in [-0.05, 0) is 30.3 Å². The Labute approximate surface area is 160 Å². The van der Waals surface area contributed by atoms with Crippen LogP contribution in [-0.4, -0.2) is 21.4 Å². The van der Waals surface area contributed by atoms with Gasteiger partial charge in [0.25, 0.3) is 11.5 Å². The average molecular weight is 385 g/mol. The first-order chi connectivity index (χ1) is 13.0. The Balaban J connectivity index is 1.61. The van der Waals surface area contributed by atoms with Crippen molar-refractivity contribution in [2.24, 2.45) is 7.05 Å². The van der Waals surface area contributed by atoms with Crippen LogP contribution in [0.25, 0.3) is 10.9 Å². The molecule has 0 atom stereocenters. The molecule has 0 aliphatic heterocycles. The van der Waals surface area contributed by atoms with Crippen molar-refractivity contribution in [2.75, 3.05) is 0 Å². The molecular formula is C19H17ClN4O3. The van der Waals surface area contributed by atoms with Gasteiger partial charge in [-0.3, -0.25) is 29.8 Å². The molecule has 8 heteroatoms. The van der Waals surface area contributed by atoms with E-state index in [9.17, 15) is 14.4 Å². The molecular weight excluding hydrogens is 368 g/mol. The molecule has 2 aromatic carbocycles. The number of hydrogen-bond acceptors (Lipinski definition) is 4. The van der Waals surface area contributed by atoms with Crippen molar-refractivity contribution in [3.05, 3.63) is 75.3 Å². The number of aromatic nitrogens is 2. The van der Waals surface area contributed by atoms with E-state index in [0.29, 0.717) is 27.3 Å². The van der Waals surface area contributed by atoms with Gasteiger partial charge in [-0.25, -0.2) is 4.98 Å². The van der Waals surface area contributed by atoms with Gasteiger partial charge in [0.1, 0.15) is 5.82 Å². The second-order valence-electron chi connectivity index (χ2n) is 5.92. The summed E-state index contributed by atoms with van der Waals surface area (Å²) in [5.41, 5.74) is 5.44. The van der Waals surface area contributed by atoms with Gasteiger partial charge < -0.3 is 0 Å². The zero-order valence-corrected chi connectivity index (χ0v) is 15.3. The van der Waals surface area contributed by atoms with Crippen molar-refractivity contribution in [3.63, 3.8) is 0 Å². The maximum atomic E-state index is 12.3. The maximum Gasteiger partial charge on any atom is 0.269 e. The molecule has 138 valence electrons. The lowest BCUT2D eigenvalue weighted by atomic mass is 10.2. The number of fused-ring (bicyclic) bond motifs is 1. The molecule has 27 heavy (non-hydrogen) atoms.